The van der Waals surface area contributed by atoms with Crippen molar-refractivity contribution in [1.29, 1.82) is 0 Å². The molecule has 2 aromatic rings. The molecule has 0 saturated carbocycles. The molecule has 2 aromatic carbocycles. The van der Waals surface area contributed by atoms with E-state index < -0.39 is 0 Å². The van der Waals surface area contributed by atoms with Gasteiger partial charge in [-0.1, -0.05) is 24.3 Å². The molecule has 0 spiro atoms. The minimum absolute atomic E-state index is 0.126. The summed E-state index contributed by atoms with van der Waals surface area (Å²) in [7, 11) is 1.68. The number of methoxy groups -OCH3 is 1. The van der Waals surface area contributed by atoms with Gasteiger partial charge < -0.3 is 10.1 Å². The second kappa shape index (κ2) is 5.67. The first kappa shape index (κ1) is 14.8. The Kier molecular flexibility index (Phi) is 3.49. The summed E-state index contributed by atoms with van der Waals surface area (Å²) in [6.45, 7) is 0. The summed E-state index contributed by atoms with van der Waals surface area (Å²) in [4.78, 5) is 10.5. The number of hydrogen-bond donors (Lipinski definition) is 1. The van der Waals surface area contributed by atoms with Crippen LogP contribution in [0.1, 0.15) is 29.5 Å². The molecule has 122 valence electrons. The molecule has 1 heterocycles. The molecule has 0 unspecified atom stereocenters. The number of benzene rings is 2. The van der Waals surface area contributed by atoms with Gasteiger partial charge in [0.1, 0.15) is 5.75 Å². The molecule has 1 aliphatic heterocycles. The van der Waals surface area contributed by atoms with E-state index in [9.17, 15) is 10.1 Å². The van der Waals surface area contributed by atoms with E-state index in [1.165, 1.54) is 5.56 Å². The Bertz CT molecular complexity index is 814. The second-order valence-corrected chi connectivity index (χ2v) is 6.28. The number of rotatable bonds is 3. The van der Waals surface area contributed by atoms with E-state index in [1.54, 1.807) is 19.2 Å². The van der Waals surface area contributed by atoms with Crippen LogP contribution in [-0.2, 0) is 0 Å². The zero-order valence-corrected chi connectivity index (χ0v) is 13.3. The summed E-state index contributed by atoms with van der Waals surface area (Å²) in [5.74, 6) is 1.62. The monoisotopic (exact) mass is 322 g/mol. The third-order valence-corrected chi connectivity index (χ3v) is 5.03. The average molecular weight is 322 g/mol. The number of hydrogen-bond acceptors (Lipinski definition) is 4. The highest BCUT2D eigenvalue weighted by Gasteiger charge is 2.38. The first-order valence-corrected chi connectivity index (χ1v) is 8.03. The predicted octanol–water partition coefficient (Wildman–Crippen LogP) is 4.43. The lowest BCUT2D eigenvalue weighted by molar-refractivity contribution is -0.384. The van der Waals surface area contributed by atoms with Gasteiger partial charge in [0.05, 0.1) is 18.1 Å². The Labute approximate surface area is 140 Å². The Balaban J connectivity index is 1.71. The van der Waals surface area contributed by atoms with Crippen molar-refractivity contribution in [3.8, 4) is 5.75 Å². The van der Waals surface area contributed by atoms with Crippen molar-refractivity contribution < 1.29 is 9.66 Å². The van der Waals surface area contributed by atoms with Crippen LogP contribution >= 0.6 is 0 Å². The van der Waals surface area contributed by atoms with Crippen molar-refractivity contribution in [3.63, 3.8) is 0 Å². The van der Waals surface area contributed by atoms with Crippen LogP contribution in [0.25, 0.3) is 0 Å². The van der Waals surface area contributed by atoms with Gasteiger partial charge in [0.15, 0.2) is 0 Å². The molecule has 5 heteroatoms. The molecule has 5 nitrogen and oxygen atoms in total. The lowest BCUT2D eigenvalue weighted by Crippen LogP contribution is -2.29. The van der Waals surface area contributed by atoms with Crippen LogP contribution in [0.15, 0.2) is 54.6 Å². The van der Waals surface area contributed by atoms with E-state index in [4.69, 9.17) is 4.74 Å². The molecule has 0 fully saturated rings. The molecular weight excluding hydrogens is 304 g/mol. The zero-order chi connectivity index (χ0) is 16.7. The Morgan fingerprint density at radius 3 is 2.71 bits per heavy atom. The van der Waals surface area contributed by atoms with Crippen LogP contribution in [0.3, 0.4) is 0 Å². The topological polar surface area (TPSA) is 64.4 Å². The maximum Gasteiger partial charge on any atom is 0.269 e. The number of nitro benzene ring substituents is 1. The van der Waals surface area contributed by atoms with E-state index in [0.717, 1.165) is 23.4 Å². The lowest BCUT2D eigenvalue weighted by atomic mass is 9.77. The van der Waals surface area contributed by atoms with Crippen molar-refractivity contribution in [3.05, 3.63) is 75.9 Å². The van der Waals surface area contributed by atoms with Crippen molar-refractivity contribution >= 4 is 11.4 Å². The SMILES string of the molecule is COc1ccc2c(c1)[C@H]1C=CC[C@@H]1[C@H](c1ccc([N+](=O)[O-])cc1)N2. The number of non-ortho nitro benzene ring substituents is 1. The third kappa shape index (κ3) is 2.33. The molecule has 3 atom stereocenters. The minimum atomic E-state index is -0.362. The van der Waals surface area contributed by atoms with Gasteiger partial charge in [0.2, 0.25) is 0 Å². The maximum absolute atomic E-state index is 10.9. The number of nitrogens with one attached hydrogen (secondary N) is 1. The van der Waals surface area contributed by atoms with Crippen LogP contribution in [0.2, 0.25) is 0 Å². The fraction of sp³-hybridized carbons (Fsp3) is 0.263. The fourth-order valence-electron chi connectivity index (χ4n) is 3.83. The van der Waals surface area contributed by atoms with Crippen molar-refractivity contribution in [2.24, 2.45) is 5.92 Å². The van der Waals surface area contributed by atoms with Gasteiger partial charge in [-0.3, -0.25) is 10.1 Å². The molecule has 0 radical (unpaired) electrons. The van der Waals surface area contributed by atoms with Crippen LogP contribution < -0.4 is 10.1 Å². The number of nitrogens with zero attached hydrogens (tertiary/aromatic N) is 1. The highest BCUT2D eigenvalue weighted by molar-refractivity contribution is 5.61. The van der Waals surface area contributed by atoms with Gasteiger partial charge in [-0.25, -0.2) is 0 Å². The molecule has 4 rings (SSSR count). The summed E-state index contributed by atoms with van der Waals surface area (Å²) in [6, 6.07) is 13.1. The van der Waals surface area contributed by atoms with Crippen LogP contribution in [0.5, 0.6) is 5.75 Å². The predicted molar refractivity (Wildman–Crippen MR) is 92.4 cm³/mol. The smallest absolute Gasteiger partial charge is 0.269 e. The quantitative estimate of drug-likeness (QED) is 0.516. The molecule has 2 aliphatic rings. The number of ether oxygens (including phenoxy) is 1. The van der Waals surface area contributed by atoms with Gasteiger partial charge in [0, 0.05) is 23.7 Å². The van der Waals surface area contributed by atoms with E-state index in [-0.39, 0.29) is 16.7 Å². The van der Waals surface area contributed by atoms with E-state index >= 15 is 0 Å². The zero-order valence-electron chi connectivity index (χ0n) is 13.3. The molecule has 1 aliphatic carbocycles. The highest BCUT2D eigenvalue weighted by Crippen LogP contribution is 2.50. The number of fused-ring (bicyclic) bond motifs is 3. The summed E-state index contributed by atoms with van der Waals surface area (Å²) in [5.41, 5.74) is 3.57. The molecule has 24 heavy (non-hydrogen) atoms. The van der Waals surface area contributed by atoms with Gasteiger partial charge >= 0.3 is 0 Å². The summed E-state index contributed by atoms with van der Waals surface area (Å²) < 4.78 is 5.36. The standard InChI is InChI=1S/C19H18N2O3/c1-24-14-9-10-18-17(11-14)15-3-2-4-16(15)19(20-18)12-5-7-13(8-6-12)21(22)23/h2-3,5-11,15-16,19-20H,4H2,1H3/t15-,16-,19-/m0/s1. The van der Waals surface area contributed by atoms with Crippen LogP contribution in [0, 0.1) is 16.0 Å². The average Bonchev–Trinajstić information content (AvgIpc) is 3.10. The molecule has 0 aromatic heterocycles. The first-order valence-electron chi connectivity index (χ1n) is 8.03. The summed E-state index contributed by atoms with van der Waals surface area (Å²) in [6.07, 6.45) is 5.49. The molecule has 0 saturated heterocycles. The number of anilines is 1. The first-order chi connectivity index (χ1) is 11.7. The Morgan fingerprint density at radius 1 is 1.21 bits per heavy atom. The normalized spacial score (nSPS) is 24.0. The van der Waals surface area contributed by atoms with Crippen molar-refractivity contribution in [2.75, 3.05) is 12.4 Å². The lowest BCUT2D eigenvalue weighted by Gasteiger charge is -2.37. The van der Waals surface area contributed by atoms with Gasteiger partial charge in [-0.2, -0.15) is 0 Å². The number of nitro groups is 1. The Morgan fingerprint density at radius 2 is 2.00 bits per heavy atom. The fourth-order valence-corrected chi connectivity index (χ4v) is 3.83. The van der Waals surface area contributed by atoms with Crippen LogP contribution in [-0.4, -0.2) is 12.0 Å². The van der Waals surface area contributed by atoms with Gasteiger partial charge in [0.25, 0.3) is 5.69 Å². The van der Waals surface area contributed by atoms with Crippen molar-refractivity contribution in [2.45, 2.75) is 18.4 Å². The molecular formula is C19H18N2O3. The van der Waals surface area contributed by atoms with Crippen LogP contribution in [0.4, 0.5) is 11.4 Å². The Hall–Kier alpha value is -2.82. The highest BCUT2D eigenvalue weighted by atomic mass is 16.6. The maximum atomic E-state index is 10.9. The number of allylic oxidation sites excluding steroid dienone is 2. The second-order valence-electron chi connectivity index (χ2n) is 6.28. The van der Waals surface area contributed by atoms with E-state index in [0.29, 0.717) is 11.8 Å². The van der Waals surface area contributed by atoms with E-state index in [1.807, 2.05) is 18.2 Å². The van der Waals surface area contributed by atoms with Gasteiger partial charge in [-0.05, 0) is 41.7 Å². The summed E-state index contributed by atoms with van der Waals surface area (Å²) >= 11 is 0. The molecule has 0 amide bonds. The summed E-state index contributed by atoms with van der Waals surface area (Å²) in [5, 5.41) is 14.5. The largest absolute Gasteiger partial charge is 0.497 e. The molecule has 0 bridgehead atoms. The minimum Gasteiger partial charge on any atom is -0.497 e. The van der Waals surface area contributed by atoms with Gasteiger partial charge in [-0.15, -0.1) is 0 Å². The molecule has 1 N–H and O–H groups in total. The third-order valence-electron chi connectivity index (χ3n) is 5.03. The van der Waals surface area contributed by atoms with E-state index in [2.05, 4.69) is 29.6 Å². The van der Waals surface area contributed by atoms with Crippen molar-refractivity contribution in [1.82, 2.24) is 0 Å².